The molecule has 3 heteroatoms. The molecule has 0 saturated carbocycles. The molecule has 0 aliphatic heterocycles. The molecule has 0 aliphatic carbocycles. The Kier molecular flexibility index (Phi) is 3.81. The molecule has 0 saturated heterocycles. The van der Waals surface area contributed by atoms with Gasteiger partial charge in [-0.05, 0) is 41.6 Å². The van der Waals surface area contributed by atoms with E-state index in [-0.39, 0.29) is 5.78 Å². The summed E-state index contributed by atoms with van der Waals surface area (Å²) in [4.78, 5) is 13.8. The summed E-state index contributed by atoms with van der Waals surface area (Å²) in [6, 6.07) is 9.35. The predicted octanol–water partition coefficient (Wildman–Crippen LogP) is 3.05. The van der Waals surface area contributed by atoms with Gasteiger partial charge in [0, 0.05) is 36.3 Å². The molecule has 0 radical (unpaired) electrons. The Morgan fingerprint density at radius 3 is 2.44 bits per heavy atom. The lowest BCUT2D eigenvalue weighted by atomic mass is 10.1. The third-order valence-corrected chi connectivity index (χ3v) is 3.17. The molecule has 2 rings (SSSR count). The lowest BCUT2D eigenvalue weighted by Gasteiger charge is -2.11. The van der Waals surface area contributed by atoms with E-state index in [9.17, 15) is 4.79 Å². The van der Waals surface area contributed by atoms with Gasteiger partial charge in [-0.2, -0.15) is 11.3 Å². The monoisotopic (exact) mass is 255 g/mol. The van der Waals surface area contributed by atoms with Crippen molar-refractivity contribution >= 4 is 22.8 Å². The second-order valence-corrected chi connectivity index (χ2v) is 4.81. The van der Waals surface area contributed by atoms with Gasteiger partial charge in [0.15, 0.2) is 0 Å². The van der Waals surface area contributed by atoms with E-state index in [4.69, 9.17) is 0 Å². The average molecular weight is 255 g/mol. The summed E-state index contributed by atoms with van der Waals surface area (Å²) in [6.45, 7) is 0. The molecule has 1 heterocycles. The maximum Gasteiger partial charge on any atom is 0.236 e. The summed E-state index contributed by atoms with van der Waals surface area (Å²) >= 11 is 1.57. The molecule has 1 aromatic heterocycles. The Labute approximate surface area is 111 Å². The first-order chi connectivity index (χ1) is 8.66. The van der Waals surface area contributed by atoms with Crippen LogP contribution < -0.4 is 4.90 Å². The lowest BCUT2D eigenvalue weighted by Crippen LogP contribution is -2.08. The predicted molar refractivity (Wildman–Crippen MR) is 76.3 cm³/mol. The quantitative estimate of drug-likeness (QED) is 0.607. The zero-order valence-corrected chi connectivity index (χ0v) is 11.1. The van der Waals surface area contributed by atoms with E-state index in [0.29, 0.717) is 5.56 Å². The fourth-order valence-electron chi connectivity index (χ4n) is 1.45. The first-order valence-electron chi connectivity index (χ1n) is 5.53. The highest BCUT2D eigenvalue weighted by molar-refractivity contribution is 7.08. The molecule has 90 valence electrons. The van der Waals surface area contributed by atoms with Crippen molar-refractivity contribution in [2.45, 2.75) is 0 Å². The molecule has 0 aliphatic rings. The van der Waals surface area contributed by atoms with Crippen molar-refractivity contribution in [2.24, 2.45) is 0 Å². The largest absolute Gasteiger partial charge is 0.378 e. The number of thiophene rings is 1. The number of carbonyl (C=O) groups excluding carboxylic acids is 1. The Morgan fingerprint density at radius 1 is 1.17 bits per heavy atom. The van der Waals surface area contributed by atoms with Crippen LogP contribution in [0.3, 0.4) is 0 Å². The van der Waals surface area contributed by atoms with Gasteiger partial charge in [0.25, 0.3) is 0 Å². The van der Waals surface area contributed by atoms with Gasteiger partial charge in [0.05, 0.1) is 0 Å². The number of hydrogen-bond acceptors (Lipinski definition) is 3. The molecule has 0 bridgehead atoms. The summed E-state index contributed by atoms with van der Waals surface area (Å²) in [6.07, 6.45) is 0. The van der Waals surface area contributed by atoms with Crippen LogP contribution in [0.2, 0.25) is 0 Å². The Balaban J connectivity index is 2.14. The number of carbonyl (C=O) groups is 1. The van der Waals surface area contributed by atoms with E-state index in [0.717, 1.165) is 11.3 Å². The number of rotatable bonds is 2. The van der Waals surface area contributed by atoms with Crippen LogP contribution in [0.1, 0.15) is 15.9 Å². The normalized spacial score (nSPS) is 9.44. The summed E-state index contributed by atoms with van der Waals surface area (Å²) < 4.78 is 0. The number of ketones is 1. The molecule has 18 heavy (non-hydrogen) atoms. The minimum Gasteiger partial charge on any atom is -0.378 e. The van der Waals surface area contributed by atoms with E-state index in [1.54, 1.807) is 23.5 Å². The second-order valence-electron chi connectivity index (χ2n) is 4.03. The molecule has 2 aromatic rings. The zero-order chi connectivity index (χ0) is 13.0. The van der Waals surface area contributed by atoms with Crippen LogP contribution in [0, 0.1) is 11.8 Å². The van der Waals surface area contributed by atoms with Gasteiger partial charge in [0.1, 0.15) is 0 Å². The highest BCUT2D eigenvalue weighted by atomic mass is 32.1. The van der Waals surface area contributed by atoms with Crippen LogP contribution in [0.15, 0.2) is 41.1 Å². The third kappa shape index (κ3) is 2.99. The first kappa shape index (κ1) is 12.4. The lowest BCUT2D eigenvalue weighted by molar-refractivity contribution is 0.105. The highest BCUT2D eigenvalue weighted by Gasteiger charge is 2.02. The van der Waals surface area contributed by atoms with Gasteiger partial charge >= 0.3 is 0 Å². The summed E-state index contributed by atoms with van der Waals surface area (Å²) in [5.41, 5.74) is 2.58. The molecular formula is C15H13NOS. The minimum atomic E-state index is -0.147. The van der Waals surface area contributed by atoms with E-state index in [2.05, 4.69) is 11.8 Å². The van der Waals surface area contributed by atoms with Crippen LogP contribution in [-0.4, -0.2) is 19.9 Å². The SMILES string of the molecule is CN(C)c1ccc(C(=O)C#Cc2ccsc2)cc1. The third-order valence-electron chi connectivity index (χ3n) is 2.49. The van der Waals surface area contributed by atoms with Crippen molar-refractivity contribution in [2.75, 3.05) is 19.0 Å². The standard InChI is InChI=1S/C15H13NOS/c1-16(2)14-6-4-13(5-7-14)15(17)8-3-12-9-10-18-11-12/h4-7,9-11H,1-2H3. The van der Waals surface area contributed by atoms with Gasteiger partial charge < -0.3 is 4.90 Å². The van der Waals surface area contributed by atoms with Crippen LogP contribution >= 0.6 is 11.3 Å². The maximum atomic E-state index is 11.8. The first-order valence-corrected chi connectivity index (χ1v) is 6.47. The van der Waals surface area contributed by atoms with Crippen molar-refractivity contribution < 1.29 is 4.79 Å². The Morgan fingerprint density at radius 2 is 1.89 bits per heavy atom. The number of Topliss-reactive ketones (excluding diaryl/α,β-unsaturated/α-hetero) is 1. The number of anilines is 1. The van der Waals surface area contributed by atoms with Crippen molar-refractivity contribution in [3.8, 4) is 11.8 Å². The maximum absolute atomic E-state index is 11.8. The number of nitrogens with zero attached hydrogens (tertiary/aromatic N) is 1. The smallest absolute Gasteiger partial charge is 0.236 e. The number of benzene rings is 1. The molecule has 0 atom stereocenters. The van der Waals surface area contributed by atoms with Crippen LogP contribution in [-0.2, 0) is 0 Å². The van der Waals surface area contributed by atoms with Crippen molar-refractivity contribution in [1.29, 1.82) is 0 Å². The van der Waals surface area contributed by atoms with Gasteiger partial charge in [-0.1, -0.05) is 5.92 Å². The van der Waals surface area contributed by atoms with E-state index in [1.165, 1.54) is 0 Å². The Hall–Kier alpha value is -2.05. The molecule has 0 fully saturated rings. The van der Waals surface area contributed by atoms with Crippen molar-refractivity contribution in [1.82, 2.24) is 0 Å². The van der Waals surface area contributed by atoms with Gasteiger partial charge in [-0.15, -0.1) is 0 Å². The van der Waals surface area contributed by atoms with Crippen LogP contribution in [0.25, 0.3) is 0 Å². The Bertz CT molecular complexity index is 586. The molecule has 0 unspecified atom stereocenters. The summed E-state index contributed by atoms with van der Waals surface area (Å²) in [5, 5.41) is 3.87. The minimum absolute atomic E-state index is 0.147. The molecule has 0 spiro atoms. The molecule has 1 aromatic carbocycles. The van der Waals surface area contributed by atoms with Crippen LogP contribution in [0.4, 0.5) is 5.69 Å². The van der Waals surface area contributed by atoms with Gasteiger partial charge in [-0.25, -0.2) is 0 Å². The van der Waals surface area contributed by atoms with E-state index in [1.807, 2.05) is 48.0 Å². The molecular weight excluding hydrogens is 242 g/mol. The fourth-order valence-corrected chi connectivity index (χ4v) is 2.04. The van der Waals surface area contributed by atoms with Crippen LogP contribution in [0.5, 0.6) is 0 Å². The molecule has 0 amide bonds. The van der Waals surface area contributed by atoms with Crippen molar-refractivity contribution in [3.63, 3.8) is 0 Å². The average Bonchev–Trinajstić information content (AvgIpc) is 2.89. The van der Waals surface area contributed by atoms with Crippen molar-refractivity contribution in [3.05, 3.63) is 52.2 Å². The number of hydrogen-bond donors (Lipinski definition) is 0. The topological polar surface area (TPSA) is 20.3 Å². The molecule has 2 nitrogen and oxygen atoms in total. The van der Waals surface area contributed by atoms with E-state index < -0.39 is 0 Å². The summed E-state index contributed by atoms with van der Waals surface area (Å²) in [7, 11) is 3.93. The summed E-state index contributed by atoms with van der Waals surface area (Å²) in [5.74, 6) is 5.37. The molecule has 0 N–H and O–H groups in total. The van der Waals surface area contributed by atoms with Gasteiger partial charge in [0.2, 0.25) is 5.78 Å². The highest BCUT2D eigenvalue weighted by Crippen LogP contribution is 2.12. The van der Waals surface area contributed by atoms with E-state index >= 15 is 0 Å². The fraction of sp³-hybridized carbons (Fsp3) is 0.133. The zero-order valence-electron chi connectivity index (χ0n) is 10.3. The second kappa shape index (κ2) is 5.52. The van der Waals surface area contributed by atoms with Gasteiger partial charge in [-0.3, -0.25) is 4.79 Å².